The molecule has 1 saturated carbocycles. The van der Waals surface area contributed by atoms with E-state index in [1.807, 2.05) is 24.3 Å². The Bertz CT molecular complexity index is 479. The second kappa shape index (κ2) is 6.41. The largest absolute Gasteiger partial charge is 0.497 e. The molecule has 0 bridgehead atoms. The van der Waals surface area contributed by atoms with Gasteiger partial charge in [-0.25, -0.2) is 0 Å². The fourth-order valence-electron chi connectivity index (χ4n) is 2.09. The van der Waals surface area contributed by atoms with Crippen molar-refractivity contribution in [3.8, 4) is 5.75 Å². The molecule has 1 fully saturated rings. The molecule has 1 aromatic rings. The maximum Gasteiger partial charge on any atom is 0.303 e. The Morgan fingerprint density at radius 1 is 1.25 bits per heavy atom. The summed E-state index contributed by atoms with van der Waals surface area (Å²) in [6.07, 6.45) is 1.98. The number of carbonyl (C=O) groups excluding carboxylic acids is 1. The fourth-order valence-corrected chi connectivity index (χ4v) is 2.09. The van der Waals surface area contributed by atoms with Crippen LogP contribution in [0.4, 0.5) is 0 Å². The summed E-state index contributed by atoms with van der Waals surface area (Å²) in [5, 5.41) is 8.66. The third-order valence-corrected chi connectivity index (χ3v) is 3.37. The summed E-state index contributed by atoms with van der Waals surface area (Å²) in [7, 11) is 1.61. The lowest BCUT2D eigenvalue weighted by Crippen LogP contribution is -2.32. The van der Waals surface area contributed by atoms with Crippen LogP contribution in [0.25, 0.3) is 0 Å². The molecule has 1 amide bonds. The number of ether oxygens (including phenoxy) is 1. The lowest BCUT2D eigenvalue weighted by molar-refractivity contribution is -0.141. The molecule has 0 saturated heterocycles. The Kier molecular flexibility index (Phi) is 4.61. The van der Waals surface area contributed by atoms with Gasteiger partial charge in [0.05, 0.1) is 13.5 Å². The first-order valence-electron chi connectivity index (χ1n) is 6.74. The van der Waals surface area contributed by atoms with Gasteiger partial charge in [-0.15, -0.1) is 0 Å². The number of rotatable bonds is 7. The number of benzene rings is 1. The van der Waals surface area contributed by atoms with Gasteiger partial charge >= 0.3 is 5.97 Å². The molecule has 5 heteroatoms. The van der Waals surface area contributed by atoms with Crippen molar-refractivity contribution in [2.24, 2.45) is 0 Å². The van der Waals surface area contributed by atoms with Crippen LogP contribution < -0.4 is 4.74 Å². The summed E-state index contributed by atoms with van der Waals surface area (Å²) in [5.41, 5.74) is 1.03. The number of carboxylic acid groups (broad SMARTS) is 1. The molecule has 1 N–H and O–H groups in total. The van der Waals surface area contributed by atoms with Crippen LogP contribution in [-0.4, -0.2) is 35.0 Å². The second-order valence-corrected chi connectivity index (χ2v) is 4.99. The molecule has 0 unspecified atom stereocenters. The van der Waals surface area contributed by atoms with E-state index < -0.39 is 5.97 Å². The van der Waals surface area contributed by atoms with Crippen LogP contribution in [0.1, 0.15) is 31.2 Å². The van der Waals surface area contributed by atoms with Gasteiger partial charge in [0.15, 0.2) is 0 Å². The van der Waals surface area contributed by atoms with Crippen LogP contribution in [-0.2, 0) is 16.1 Å². The van der Waals surface area contributed by atoms with Crippen LogP contribution in [0.15, 0.2) is 24.3 Å². The van der Waals surface area contributed by atoms with Crippen molar-refractivity contribution >= 4 is 11.9 Å². The van der Waals surface area contributed by atoms with Gasteiger partial charge in [0, 0.05) is 19.0 Å². The maximum absolute atomic E-state index is 12.1. The normalized spacial score (nSPS) is 13.8. The summed E-state index contributed by atoms with van der Waals surface area (Å²) < 4.78 is 5.10. The van der Waals surface area contributed by atoms with Crippen LogP contribution in [0.5, 0.6) is 5.75 Å². The second-order valence-electron chi connectivity index (χ2n) is 4.99. The lowest BCUT2D eigenvalue weighted by atomic mass is 10.2. The summed E-state index contributed by atoms with van der Waals surface area (Å²) in [6.45, 7) is 0.535. The molecule has 2 rings (SSSR count). The molecule has 0 aliphatic heterocycles. The molecule has 5 nitrogen and oxygen atoms in total. The predicted octanol–water partition coefficient (Wildman–Crippen LogP) is 2.05. The van der Waals surface area contributed by atoms with Gasteiger partial charge in [0.25, 0.3) is 0 Å². The van der Waals surface area contributed by atoms with Gasteiger partial charge in [0.1, 0.15) is 5.75 Å². The lowest BCUT2D eigenvalue weighted by Gasteiger charge is -2.22. The highest BCUT2D eigenvalue weighted by atomic mass is 16.5. The highest BCUT2D eigenvalue weighted by Crippen LogP contribution is 2.29. The molecule has 0 radical (unpaired) electrons. The van der Waals surface area contributed by atoms with Crippen LogP contribution in [0.3, 0.4) is 0 Å². The van der Waals surface area contributed by atoms with Crippen molar-refractivity contribution in [3.63, 3.8) is 0 Å². The molecule has 0 spiro atoms. The van der Waals surface area contributed by atoms with E-state index in [4.69, 9.17) is 9.84 Å². The molecule has 1 aromatic carbocycles. The fraction of sp³-hybridized carbons (Fsp3) is 0.467. The minimum Gasteiger partial charge on any atom is -0.497 e. The number of carboxylic acids is 1. The number of hydrogen-bond acceptors (Lipinski definition) is 3. The third kappa shape index (κ3) is 3.98. The van der Waals surface area contributed by atoms with Crippen molar-refractivity contribution < 1.29 is 19.4 Å². The first-order valence-corrected chi connectivity index (χ1v) is 6.74. The van der Waals surface area contributed by atoms with Gasteiger partial charge < -0.3 is 14.7 Å². The number of hydrogen-bond donors (Lipinski definition) is 1. The van der Waals surface area contributed by atoms with E-state index in [0.717, 1.165) is 24.2 Å². The van der Waals surface area contributed by atoms with Gasteiger partial charge in [-0.1, -0.05) is 12.1 Å². The zero-order valence-corrected chi connectivity index (χ0v) is 11.5. The highest BCUT2D eigenvalue weighted by molar-refractivity contribution is 5.81. The van der Waals surface area contributed by atoms with Crippen molar-refractivity contribution in [2.75, 3.05) is 7.11 Å². The standard InChI is InChI=1S/C15H19NO4/c1-20-13-6-2-11(3-7-13)10-16(12-4-5-12)14(17)8-9-15(18)19/h2-3,6-7,12H,4-5,8-10H2,1H3,(H,18,19). The number of amides is 1. The predicted molar refractivity (Wildman–Crippen MR) is 73.4 cm³/mol. The van der Waals surface area contributed by atoms with Gasteiger partial charge in [-0.05, 0) is 30.5 Å². The van der Waals surface area contributed by atoms with E-state index in [1.54, 1.807) is 12.0 Å². The van der Waals surface area contributed by atoms with Crippen LogP contribution in [0, 0.1) is 0 Å². The number of aliphatic carboxylic acids is 1. The molecule has 20 heavy (non-hydrogen) atoms. The first-order chi connectivity index (χ1) is 9.60. The summed E-state index contributed by atoms with van der Waals surface area (Å²) in [6, 6.07) is 7.86. The molecular formula is C15H19NO4. The minimum atomic E-state index is -0.932. The van der Waals surface area contributed by atoms with Crippen LogP contribution in [0.2, 0.25) is 0 Å². The highest BCUT2D eigenvalue weighted by Gasteiger charge is 2.32. The molecular weight excluding hydrogens is 258 g/mol. The van der Waals surface area contributed by atoms with Crippen molar-refractivity contribution in [1.29, 1.82) is 0 Å². The number of methoxy groups -OCH3 is 1. The Labute approximate surface area is 118 Å². The van der Waals surface area contributed by atoms with Gasteiger partial charge in [-0.3, -0.25) is 9.59 Å². The van der Waals surface area contributed by atoms with E-state index in [1.165, 1.54) is 0 Å². The van der Waals surface area contributed by atoms with Crippen molar-refractivity contribution in [1.82, 2.24) is 4.90 Å². The quantitative estimate of drug-likeness (QED) is 0.828. The summed E-state index contributed by atoms with van der Waals surface area (Å²) in [5.74, 6) is -0.229. The Morgan fingerprint density at radius 3 is 2.40 bits per heavy atom. The minimum absolute atomic E-state index is 0.0714. The Morgan fingerprint density at radius 2 is 1.90 bits per heavy atom. The monoisotopic (exact) mass is 277 g/mol. The molecule has 108 valence electrons. The molecule has 1 aliphatic rings. The molecule has 0 heterocycles. The summed E-state index contributed by atoms with van der Waals surface area (Å²) >= 11 is 0. The Hall–Kier alpha value is -2.04. The van der Waals surface area contributed by atoms with E-state index in [0.29, 0.717) is 6.54 Å². The third-order valence-electron chi connectivity index (χ3n) is 3.37. The number of nitrogens with zero attached hydrogens (tertiary/aromatic N) is 1. The maximum atomic E-state index is 12.1. The van der Waals surface area contributed by atoms with Crippen LogP contribution >= 0.6 is 0 Å². The van der Waals surface area contributed by atoms with E-state index in [9.17, 15) is 9.59 Å². The molecule has 0 atom stereocenters. The average Bonchev–Trinajstić information content (AvgIpc) is 3.27. The van der Waals surface area contributed by atoms with E-state index in [2.05, 4.69) is 0 Å². The van der Waals surface area contributed by atoms with Gasteiger partial charge in [-0.2, -0.15) is 0 Å². The first kappa shape index (κ1) is 14.4. The van der Waals surface area contributed by atoms with Crippen molar-refractivity contribution in [3.05, 3.63) is 29.8 Å². The van der Waals surface area contributed by atoms with E-state index >= 15 is 0 Å². The zero-order valence-electron chi connectivity index (χ0n) is 11.5. The molecule has 0 aromatic heterocycles. The average molecular weight is 277 g/mol. The number of carbonyl (C=O) groups is 2. The summed E-state index contributed by atoms with van der Waals surface area (Å²) in [4.78, 5) is 24.4. The zero-order chi connectivity index (χ0) is 14.5. The van der Waals surface area contributed by atoms with Gasteiger partial charge in [0.2, 0.25) is 5.91 Å². The molecule has 1 aliphatic carbocycles. The Balaban J connectivity index is 1.97. The SMILES string of the molecule is COc1ccc(CN(C(=O)CCC(=O)O)C2CC2)cc1. The topological polar surface area (TPSA) is 66.8 Å². The van der Waals surface area contributed by atoms with E-state index in [-0.39, 0.29) is 24.8 Å². The van der Waals surface area contributed by atoms with Crippen molar-refractivity contribution in [2.45, 2.75) is 38.3 Å². The smallest absolute Gasteiger partial charge is 0.303 e.